The second-order valence-corrected chi connectivity index (χ2v) is 5.02. The van der Waals surface area contributed by atoms with Gasteiger partial charge in [0, 0.05) is 29.3 Å². The Kier molecular flexibility index (Phi) is 4.20. The molecule has 2 rings (SSSR count). The Hall–Kier alpha value is -0.840. The van der Waals surface area contributed by atoms with Gasteiger partial charge in [0.25, 0.3) is 0 Å². The number of aromatic amines is 1. The van der Waals surface area contributed by atoms with Crippen LogP contribution in [0, 0.1) is 0 Å². The van der Waals surface area contributed by atoms with Gasteiger partial charge in [0.15, 0.2) is 0 Å². The predicted molar refractivity (Wildman–Crippen MR) is 73.2 cm³/mol. The number of imidazole rings is 1. The summed E-state index contributed by atoms with van der Waals surface area (Å²) in [4.78, 5) is 7.34. The van der Waals surface area contributed by atoms with Gasteiger partial charge in [0.1, 0.15) is 5.82 Å². The fourth-order valence-corrected chi connectivity index (χ4v) is 2.23. The predicted octanol–water partition coefficient (Wildman–Crippen LogP) is 3.33. The van der Waals surface area contributed by atoms with Crippen molar-refractivity contribution in [2.75, 3.05) is 7.05 Å². The van der Waals surface area contributed by atoms with Gasteiger partial charge >= 0.3 is 0 Å². The molecule has 2 N–H and O–H groups in total. The van der Waals surface area contributed by atoms with E-state index in [2.05, 4.69) is 31.2 Å². The zero-order valence-corrected chi connectivity index (χ0v) is 11.7. The van der Waals surface area contributed by atoms with Crippen molar-refractivity contribution in [3.05, 3.63) is 51.5 Å². The van der Waals surface area contributed by atoms with Crippen LogP contribution in [0.15, 0.2) is 35.1 Å². The van der Waals surface area contributed by atoms with E-state index in [4.69, 9.17) is 11.6 Å². The standard InChI is InChI=1S/C12H13BrClN3/c1-15-11(7-12-16-4-5-17-12)8-2-3-10(14)9(13)6-8/h2-6,11,15H,7H2,1H3,(H,16,17). The highest BCUT2D eigenvalue weighted by molar-refractivity contribution is 9.10. The molecule has 0 spiro atoms. The molecule has 0 amide bonds. The summed E-state index contributed by atoms with van der Waals surface area (Å²) in [6.45, 7) is 0. The number of likely N-dealkylation sites (N-methyl/N-ethyl adjacent to an activating group) is 1. The third-order valence-corrected chi connectivity index (χ3v) is 3.86. The van der Waals surface area contributed by atoms with Gasteiger partial charge in [-0.25, -0.2) is 4.98 Å². The smallest absolute Gasteiger partial charge is 0.107 e. The number of benzene rings is 1. The van der Waals surface area contributed by atoms with E-state index in [-0.39, 0.29) is 6.04 Å². The minimum atomic E-state index is 0.217. The molecule has 0 radical (unpaired) electrons. The first kappa shape index (κ1) is 12.6. The lowest BCUT2D eigenvalue weighted by atomic mass is 10.0. The number of hydrogen-bond acceptors (Lipinski definition) is 2. The van der Waals surface area contributed by atoms with Crippen molar-refractivity contribution >= 4 is 27.5 Å². The molecule has 0 bridgehead atoms. The van der Waals surface area contributed by atoms with Gasteiger partial charge in [-0.2, -0.15) is 0 Å². The van der Waals surface area contributed by atoms with Crippen LogP contribution in [-0.2, 0) is 6.42 Å². The first-order valence-electron chi connectivity index (χ1n) is 5.31. The molecule has 0 aliphatic heterocycles. The SMILES string of the molecule is CNC(Cc1ncc[nH]1)c1ccc(Cl)c(Br)c1. The fraction of sp³-hybridized carbons (Fsp3) is 0.250. The molecule has 90 valence electrons. The van der Waals surface area contributed by atoms with E-state index in [1.54, 1.807) is 6.20 Å². The van der Waals surface area contributed by atoms with Crippen LogP contribution in [0.1, 0.15) is 17.4 Å². The molecule has 5 heteroatoms. The van der Waals surface area contributed by atoms with Crippen LogP contribution >= 0.6 is 27.5 Å². The summed E-state index contributed by atoms with van der Waals surface area (Å²) in [5.74, 6) is 0.968. The van der Waals surface area contributed by atoms with E-state index < -0.39 is 0 Å². The van der Waals surface area contributed by atoms with Crippen LogP contribution < -0.4 is 5.32 Å². The van der Waals surface area contributed by atoms with Crippen LogP contribution in [0.5, 0.6) is 0 Å². The fourth-order valence-electron chi connectivity index (χ4n) is 1.72. The molecule has 1 aromatic carbocycles. The van der Waals surface area contributed by atoms with Crippen LogP contribution in [-0.4, -0.2) is 17.0 Å². The molecule has 3 nitrogen and oxygen atoms in total. The third kappa shape index (κ3) is 3.09. The quantitative estimate of drug-likeness (QED) is 0.909. The second kappa shape index (κ2) is 5.67. The summed E-state index contributed by atoms with van der Waals surface area (Å²) in [7, 11) is 1.94. The zero-order valence-electron chi connectivity index (χ0n) is 9.37. The number of halogens is 2. The molecule has 2 aromatic rings. The first-order valence-corrected chi connectivity index (χ1v) is 6.48. The minimum Gasteiger partial charge on any atom is -0.349 e. The van der Waals surface area contributed by atoms with E-state index in [1.165, 1.54) is 5.56 Å². The van der Waals surface area contributed by atoms with Crippen molar-refractivity contribution in [1.29, 1.82) is 0 Å². The van der Waals surface area contributed by atoms with Crippen molar-refractivity contribution in [2.24, 2.45) is 0 Å². The number of nitrogens with zero attached hydrogens (tertiary/aromatic N) is 1. The molecule has 1 unspecified atom stereocenters. The summed E-state index contributed by atoms with van der Waals surface area (Å²) < 4.78 is 0.913. The third-order valence-electron chi connectivity index (χ3n) is 2.65. The highest BCUT2D eigenvalue weighted by Crippen LogP contribution is 2.27. The van der Waals surface area contributed by atoms with E-state index >= 15 is 0 Å². The molecule has 1 aromatic heterocycles. The van der Waals surface area contributed by atoms with Crippen LogP contribution in [0.4, 0.5) is 0 Å². The maximum Gasteiger partial charge on any atom is 0.107 e. The van der Waals surface area contributed by atoms with E-state index in [1.807, 2.05) is 31.4 Å². The average Bonchev–Trinajstić information content (AvgIpc) is 2.82. The Bertz CT molecular complexity index is 485. The van der Waals surface area contributed by atoms with Crippen molar-refractivity contribution < 1.29 is 0 Å². The Balaban J connectivity index is 2.20. The number of aromatic nitrogens is 2. The first-order chi connectivity index (χ1) is 8.20. The van der Waals surface area contributed by atoms with Crippen LogP contribution in [0.3, 0.4) is 0 Å². The minimum absolute atomic E-state index is 0.217. The van der Waals surface area contributed by atoms with E-state index in [0.717, 1.165) is 21.7 Å². The molecule has 1 heterocycles. The van der Waals surface area contributed by atoms with Gasteiger partial charge in [-0.3, -0.25) is 0 Å². The largest absolute Gasteiger partial charge is 0.349 e. The summed E-state index contributed by atoms with van der Waals surface area (Å²) in [5, 5.41) is 4.00. The highest BCUT2D eigenvalue weighted by Gasteiger charge is 2.12. The molecule has 17 heavy (non-hydrogen) atoms. The van der Waals surface area contributed by atoms with Crippen LogP contribution in [0.2, 0.25) is 5.02 Å². The molecule has 0 saturated carbocycles. The van der Waals surface area contributed by atoms with Gasteiger partial charge in [0.05, 0.1) is 5.02 Å². The second-order valence-electron chi connectivity index (χ2n) is 3.75. The summed E-state index contributed by atoms with van der Waals surface area (Å²) >= 11 is 9.42. The molecule has 0 saturated heterocycles. The van der Waals surface area contributed by atoms with E-state index in [0.29, 0.717) is 0 Å². The Morgan fingerprint density at radius 2 is 2.35 bits per heavy atom. The molecule has 1 atom stereocenters. The molecule has 0 aliphatic carbocycles. The number of H-pyrrole nitrogens is 1. The molecular formula is C12H13BrClN3. The normalized spacial score (nSPS) is 12.6. The van der Waals surface area contributed by atoms with Gasteiger partial charge in [0.2, 0.25) is 0 Å². The lowest BCUT2D eigenvalue weighted by molar-refractivity contribution is 0.578. The summed E-state index contributed by atoms with van der Waals surface area (Å²) in [6.07, 6.45) is 4.41. The maximum absolute atomic E-state index is 5.99. The topological polar surface area (TPSA) is 40.7 Å². The highest BCUT2D eigenvalue weighted by atomic mass is 79.9. The molecule has 0 fully saturated rings. The van der Waals surface area contributed by atoms with Gasteiger partial charge in [-0.15, -0.1) is 0 Å². The van der Waals surface area contributed by atoms with Crippen molar-refractivity contribution in [3.63, 3.8) is 0 Å². The van der Waals surface area contributed by atoms with Crippen molar-refractivity contribution in [2.45, 2.75) is 12.5 Å². The van der Waals surface area contributed by atoms with Crippen molar-refractivity contribution in [3.8, 4) is 0 Å². The number of hydrogen-bond donors (Lipinski definition) is 2. The van der Waals surface area contributed by atoms with Gasteiger partial charge in [-0.1, -0.05) is 17.7 Å². The number of nitrogens with one attached hydrogen (secondary N) is 2. The lowest BCUT2D eigenvalue weighted by Gasteiger charge is -2.16. The molecule has 0 aliphatic rings. The Labute approximate surface area is 114 Å². The average molecular weight is 315 g/mol. The molecular weight excluding hydrogens is 302 g/mol. The lowest BCUT2D eigenvalue weighted by Crippen LogP contribution is -2.19. The van der Waals surface area contributed by atoms with Gasteiger partial charge < -0.3 is 10.3 Å². The summed E-state index contributed by atoms with van der Waals surface area (Å²) in [5.41, 5.74) is 1.18. The Morgan fingerprint density at radius 3 is 2.94 bits per heavy atom. The maximum atomic E-state index is 5.99. The Morgan fingerprint density at radius 1 is 1.53 bits per heavy atom. The number of rotatable bonds is 4. The zero-order chi connectivity index (χ0) is 12.3. The van der Waals surface area contributed by atoms with Gasteiger partial charge in [-0.05, 0) is 40.7 Å². The van der Waals surface area contributed by atoms with E-state index in [9.17, 15) is 0 Å². The summed E-state index contributed by atoms with van der Waals surface area (Å²) in [6, 6.07) is 6.17. The monoisotopic (exact) mass is 313 g/mol. The van der Waals surface area contributed by atoms with Crippen LogP contribution in [0.25, 0.3) is 0 Å². The van der Waals surface area contributed by atoms with Crippen molar-refractivity contribution in [1.82, 2.24) is 15.3 Å².